The molecule has 100 heavy (non-hydrogen) atoms. The van der Waals surface area contributed by atoms with E-state index in [4.69, 9.17) is 0 Å². The van der Waals surface area contributed by atoms with Crippen LogP contribution in [0.2, 0.25) is 0 Å². The standard InChI is InChI=1S/2C21H42O.C10H12O.C9H10O.C8H8O.2C5H10O.C4H8O.2C3H6O.CH4/c1-4-5-6-7-8-9-10-11-12-13-14-15-16-17-18-19-20(2)21(3)22;1-3-4-5-6-7-8-9-10-11-12-13-14-15-16-17-18-19-20-21(2)22;1-8-3-5-10(6-4-8)7-9(2)11;1-7-3-5-9(6-4-7)8(2)10;1-7(9)8-5-3-2-4-6-8;1-4(2)5(3)6;1-3-4-5(2)6;1-3-4(2)5;2*1-3(2)4;/h20H,4-19H2,1-3H3;3-20H2,1-2H3;3-6H,7H2,1-2H3;3-6H,1-2H3;2-6H,1H3;4H,1-3H3;3-4H2,1-2H3;3H2,1-2H3;2*1-2H3;1H4. The van der Waals surface area contributed by atoms with E-state index in [2.05, 4.69) is 20.8 Å². The zero-order chi connectivity index (χ0) is 76.9. The maximum Gasteiger partial charge on any atom is 0.159 e. The van der Waals surface area contributed by atoms with Crippen molar-refractivity contribution in [2.75, 3.05) is 0 Å². The topological polar surface area (TPSA) is 171 Å². The van der Waals surface area contributed by atoms with Crippen LogP contribution >= 0.6 is 0 Å². The summed E-state index contributed by atoms with van der Waals surface area (Å²) in [6, 6.07) is 24.8. The molecule has 0 saturated heterocycles. The number of carbonyl (C=O) groups is 10. The van der Waals surface area contributed by atoms with Crippen LogP contribution in [0.25, 0.3) is 0 Å². The number of Topliss-reactive ketones (excluding diaryl/α,β-unsaturated/α-hetero) is 10. The maximum absolute atomic E-state index is 11.1. The molecule has 0 aliphatic rings. The summed E-state index contributed by atoms with van der Waals surface area (Å²) in [6.07, 6.45) is 49.6. The number of unbranched alkanes of at least 4 members (excludes halogenated alkanes) is 30. The van der Waals surface area contributed by atoms with E-state index in [1.807, 2.05) is 120 Å². The number of rotatable bonds is 43. The summed E-state index contributed by atoms with van der Waals surface area (Å²) >= 11 is 0. The van der Waals surface area contributed by atoms with Crippen molar-refractivity contribution in [1.29, 1.82) is 0 Å². The molecule has 0 radical (unpaired) electrons. The molecule has 0 bridgehead atoms. The molecule has 0 spiro atoms. The predicted octanol–water partition coefficient (Wildman–Crippen LogP) is 26.7. The average Bonchev–Trinajstić information content (AvgIpc) is 0.968. The fourth-order valence-corrected chi connectivity index (χ4v) is 8.93. The van der Waals surface area contributed by atoms with Gasteiger partial charge in [0, 0.05) is 48.6 Å². The Labute approximate surface area is 617 Å². The molecule has 0 amide bonds. The number of hydrogen-bond acceptors (Lipinski definition) is 10. The van der Waals surface area contributed by atoms with Gasteiger partial charge in [0.15, 0.2) is 11.6 Å². The van der Waals surface area contributed by atoms with E-state index in [1.54, 1.807) is 55.4 Å². The zero-order valence-corrected chi connectivity index (χ0v) is 68.1. The smallest absolute Gasteiger partial charge is 0.159 e. The molecule has 0 saturated carbocycles. The lowest BCUT2D eigenvalue weighted by molar-refractivity contribution is -0.121. The lowest BCUT2D eigenvalue weighted by atomic mass is 9.98. The third kappa shape index (κ3) is 111. The third-order valence-corrected chi connectivity index (χ3v) is 15.7. The minimum absolute atomic E-state index is 0. The first kappa shape index (κ1) is 110. The van der Waals surface area contributed by atoms with E-state index in [-0.39, 0.29) is 65.5 Å². The molecule has 10 heteroatoms. The second kappa shape index (κ2) is 85.8. The van der Waals surface area contributed by atoms with Gasteiger partial charge in [-0.1, -0.05) is 345 Å². The van der Waals surface area contributed by atoms with Gasteiger partial charge in [-0.15, -0.1) is 0 Å². The van der Waals surface area contributed by atoms with Gasteiger partial charge in [-0.3, -0.25) is 24.0 Å². The number of ketones is 10. The molecule has 3 rings (SSSR count). The monoisotopic (exact) mass is 1400 g/mol. The van der Waals surface area contributed by atoms with Crippen LogP contribution in [0.4, 0.5) is 0 Å². The van der Waals surface area contributed by atoms with Gasteiger partial charge >= 0.3 is 0 Å². The van der Waals surface area contributed by atoms with Gasteiger partial charge in [0.05, 0.1) is 0 Å². The quantitative estimate of drug-likeness (QED) is 0.0392. The molecule has 10 nitrogen and oxygen atoms in total. The van der Waals surface area contributed by atoms with Crippen molar-refractivity contribution in [2.45, 2.75) is 397 Å². The van der Waals surface area contributed by atoms with Crippen LogP contribution in [0.3, 0.4) is 0 Å². The van der Waals surface area contributed by atoms with Crippen molar-refractivity contribution in [3.05, 3.63) is 107 Å². The lowest BCUT2D eigenvalue weighted by Crippen LogP contribution is -2.05. The molecular formula is C90H158O10. The minimum atomic E-state index is 0. The maximum atomic E-state index is 11.1. The predicted molar refractivity (Wildman–Crippen MR) is 434 cm³/mol. The average molecular weight is 1400 g/mol. The second-order valence-electron chi connectivity index (χ2n) is 27.7. The normalized spacial score (nSPS) is 9.94. The fraction of sp³-hybridized carbons (Fsp3) is 0.689. The van der Waals surface area contributed by atoms with Crippen molar-refractivity contribution in [3.63, 3.8) is 0 Å². The van der Waals surface area contributed by atoms with Crippen LogP contribution in [0, 0.1) is 25.7 Å². The summed E-state index contributed by atoms with van der Waals surface area (Å²) in [5.41, 5.74) is 5.08. The van der Waals surface area contributed by atoms with Crippen molar-refractivity contribution in [3.8, 4) is 0 Å². The molecule has 1 atom stereocenters. The first-order valence-corrected chi connectivity index (χ1v) is 38.9. The molecule has 0 aliphatic heterocycles. The van der Waals surface area contributed by atoms with Gasteiger partial charge in [-0.05, 0) is 122 Å². The van der Waals surface area contributed by atoms with Gasteiger partial charge in [-0.2, -0.15) is 0 Å². The highest BCUT2D eigenvalue weighted by Crippen LogP contribution is 2.17. The Hall–Kier alpha value is -5.64. The van der Waals surface area contributed by atoms with E-state index in [0.717, 1.165) is 48.8 Å². The lowest BCUT2D eigenvalue weighted by Gasteiger charge is -2.06. The van der Waals surface area contributed by atoms with Crippen LogP contribution in [0.1, 0.15) is 414 Å². The van der Waals surface area contributed by atoms with Crippen molar-refractivity contribution >= 4 is 57.8 Å². The Bertz CT molecular complexity index is 2340. The number of benzene rings is 3. The Morgan fingerprint density at radius 1 is 0.300 bits per heavy atom. The van der Waals surface area contributed by atoms with E-state index in [0.29, 0.717) is 24.4 Å². The molecule has 578 valence electrons. The van der Waals surface area contributed by atoms with E-state index in [9.17, 15) is 47.9 Å². The third-order valence-electron chi connectivity index (χ3n) is 15.7. The van der Waals surface area contributed by atoms with Crippen LogP contribution in [0.15, 0.2) is 78.9 Å². The first-order chi connectivity index (χ1) is 46.8. The first-order valence-electron chi connectivity index (χ1n) is 38.9. The highest BCUT2D eigenvalue weighted by atomic mass is 16.2. The van der Waals surface area contributed by atoms with Crippen LogP contribution in [-0.4, -0.2) is 57.8 Å². The Kier molecular flexibility index (Phi) is 94.6. The summed E-state index contributed by atoms with van der Waals surface area (Å²) in [6.45, 7) is 37.4. The van der Waals surface area contributed by atoms with Crippen LogP contribution in [0.5, 0.6) is 0 Å². The Morgan fingerprint density at radius 2 is 0.560 bits per heavy atom. The van der Waals surface area contributed by atoms with Crippen LogP contribution < -0.4 is 0 Å². The molecule has 3 aromatic carbocycles. The highest BCUT2D eigenvalue weighted by molar-refractivity contribution is 5.94. The van der Waals surface area contributed by atoms with Crippen molar-refractivity contribution in [2.24, 2.45) is 11.8 Å². The molecule has 3 aromatic rings. The fourth-order valence-electron chi connectivity index (χ4n) is 8.93. The largest absolute Gasteiger partial charge is 0.300 e. The van der Waals surface area contributed by atoms with Gasteiger partial charge < -0.3 is 24.0 Å². The van der Waals surface area contributed by atoms with E-state index >= 15 is 0 Å². The van der Waals surface area contributed by atoms with Crippen LogP contribution in [-0.2, 0) is 44.8 Å². The number of carbonyl (C=O) groups excluding carboxylic acids is 10. The summed E-state index contributed by atoms with van der Waals surface area (Å²) in [4.78, 5) is 103. The summed E-state index contributed by atoms with van der Waals surface area (Å²) in [7, 11) is 0. The molecule has 0 aromatic heterocycles. The number of hydrogen-bond donors (Lipinski definition) is 0. The minimum Gasteiger partial charge on any atom is -0.300 e. The van der Waals surface area contributed by atoms with Gasteiger partial charge in [0.2, 0.25) is 0 Å². The van der Waals surface area contributed by atoms with E-state index < -0.39 is 0 Å². The molecule has 0 aliphatic carbocycles. The van der Waals surface area contributed by atoms with Gasteiger partial charge in [-0.25, -0.2) is 0 Å². The number of aryl methyl sites for hydroxylation is 2. The SMILES string of the molecule is C.CC(=O)C(C)C.CC(=O)Cc1ccc(C)cc1.CC(=O)c1ccc(C)cc1.CC(=O)c1ccccc1.CC(C)=O.CC(C)=O.CCC(C)=O.CCCC(C)=O.CCCCCCCCCCCCCCCCCC(C)C(C)=O.CCCCCCCCCCCCCCCCCCCC(C)=O. The Morgan fingerprint density at radius 3 is 0.770 bits per heavy atom. The molecule has 0 heterocycles. The summed E-state index contributed by atoms with van der Waals surface area (Å²) in [5.74, 6) is 2.79. The Balaban J connectivity index is -0.000000166. The highest BCUT2D eigenvalue weighted by Gasteiger charge is 2.06. The van der Waals surface area contributed by atoms with Gasteiger partial charge in [0.1, 0.15) is 46.3 Å². The second-order valence-corrected chi connectivity index (χ2v) is 27.7. The molecular weight excluding hydrogens is 1240 g/mol. The van der Waals surface area contributed by atoms with Crippen molar-refractivity contribution in [1.82, 2.24) is 0 Å². The molecule has 1 unspecified atom stereocenters. The van der Waals surface area contributed by atoms with Crippen molar-refractivity contribution < 1.29 is 47.9 Å². The molecule has 0 fully saturated rings. The van der Waals surface area contributed by atoms with E-state index in [1.165, 1.54) is 238 Å². The molecule has 0 N–H and O–H groups in total. The zero-order valence-electron chi connectivity index (χ0n) is 68.1. The summed E-state index contributed by atoms with van der Waals surface area (Å²) < 4.78 is 0. The van der Waals surface area contributed by atoms with Gasteiger partial charge in [0.25, 0.3) is 0 Å². The summed E-state index contributed by atoms with van der Waals surface area (Å²) in [5, 5.41) is 0.